The van der Waals surface area contributed by atoms with Gasteiger partial charge in [-0.05, 0) is 53.8 Å². The first-order valence-electron chi connectivity index (χ1n) is 14.3. The van der Waals surface area contributed by atoms with Crippen molar-refractivity contribution in [3.63, 3.8) is 0 Å². The Bertz CT molecular complexity index is 1470. The summed E-state index contributed by atoms with van der Waals surface area (Å²) in [6.45, 7) is 2.79. The van der Waals surface area contributed by atoms with Crippen molar-refractivity contribution in [1.82, 2.24) is 10.2 Å². The predicted molar refractivity (Wildman–Crippen MR) is 160 cm³/mol. The van der Waals surface area contributed by atoms with Crippen LogP contribution in [0.1, 0.15) is 48.4 Å². The van der Waals surface area contributed by atoms with Crippen molar-refractivity contribution in [3.8, 4) is 0 Å². The fourth-order valence-corrected chi connectivity index (χ4v) is 6.45. The minimum Gasteiger partial charge on any atom is -0.458 e. The van der Waals surface area contributed by atoms with Crippen LogP contribution in [0.3, 0.4) is 0 Å². The van der Waals surface area contributed by atoms with E-state index in [1.165, 1.54) is 22.4 Å². The SMILES string of the molecule is CCNC1(C(=O)OCc2ccccc2)CCC2CC(=O)N21.c1ccc(C2(c3ccccc3)Nc3cccc2c3)cc1. The van der Waals surface area contributed by atoms with Crippen LogP contribution in [0.4, 0.5) is 5.69 Å². The molecule has 0 radical (unpaired) electrons. The number of nitrogens with one attached hydrogen (secondary N) is 2. The van der Waals surface area contributed by atoms with Gasteiger partial charge < -0.3 is 15.0 Å². The fraction of sp³-hybridized carbons (Fsp3) is 0.257. The Balaban J connectivity index is 0.000000148. The quantitative estimate of drug-likeness (QED) is 0.226. The smallest absolute Gasteiger partial charge is 0.347 e. The Kier molecular flexibility index (Phi) is 7.33. The summed E-state index contributed by atoms with van der Waals surface area (Å²) in [5, 5.41) is 6.89. The number of ether oxygens (including phenoxy) is 1. The van der Waals surface area contributed by atoms with E-state index in [0.717, 1.165) is 12.0 Å². The van der Waals surface area contributed by atoms with Gasteiger partial charge in [-0.3, -0.25) is 10.1 Å². The molecule has 7 rings (SSSR count). The van der Waals surface area contributed by atoms with E-state index in [0.29, 0.717) is 19.4 Å². The van der Waals surface area contributed by atoms with Crippen molar-refractivity contribution in [2.24, 2.45) is 0 Å². The Morgan fingerprint density at radius 1 is 0.878 bits per heavy atom. The number of benzene rings is 4. The van der Waals surface area contributed by atoms with Crippen LogP contribution >= 0.6 is 0 Å². The lowest BCUT2D eigenvalue weighted by Crippen LogP contribution is -2.68. The second kappa shape index (κ2) is 11.2. The molecule has 1 amide bonds. The molecule has 2 fully saturated rings. The monoisotopic (exact) mass is 545 g/mol. The maximum atomic E-state index is 12.6. The lowest BCUT2D eigenvalue weighted by molar-refractivity contribution is -0.174. The van der Waals surface area contributed by atoms with Gasteiger partial charge >= 0.3 is 5.97 Å². The highest BCUT2D eigenvalue weighted by atomic mass is 16.5. The van der Waals surface area contributed by atoms with Gasteiger partial charge in [-0.1, -0.05) is 110 Å². The molecule has 4 aromatic rings. The highest BCUT2D eigenvalue weighted by Gasteiger charge is 2.59. The van der Waals surface area contributed by atoms with Crippen molar-refractivity contribution in [3.05, 3.63) is 138 Å². The maximum absolute atomic E-state index is 12.6. The van der Waals surface area contributed by atoms with Crippen LogP contribution in [0.15, 0.2) is 115 Å². The number of anilines is 1. The van der Waals surface area contributed by atoms with Crippen LogP contribution in [0.5, 0.6) is 0 Å². The minimum absolute atomic E-state index is 0.0371. The van der Waals surface area contributed by atoms with Gasteiger partial charge in [0.1, 0.15) is 12.1 Å². The molecule has 41 heavy (non-hydrogen) atoms. The number of β-lactam (4-membered cyclic amide) rings is 1. The molecule has 2 saturated heterocycles. The summed E-state index contributed by atoms with van der Waals surface area (Å²) in [6.07, 6.45) is 2.04. The molecule has 6 nitrogen and oxygen atoms in total. The van der Waals surface area contributed by atoms with E-state index in [2.05, 4.69) is 95.6 Å². The molecule has 2 bridgehead atoms. The minimum atomic E-state index is -0.955. The van der Waals surface area contributed by atoms with E-state index in [9.17, 15) is 9.59 Å². The molecular formula is C35H35N3O3. The molecule has 0 spiro atoms. The number of carbonyl (C=O) groups is 2. The Labute approximate surface area is 241 Å². The summed E-state index contributed by atoms with van der Waals surface area (Å²) in [5.74, 6) is -0.307. The van der Waals surface area contributed by atoms with Gasteiger partial charge in [0.05, 0.1) is 0 Å². The molecule has 2 unspecified atom stereocenters. The van der Waals surface area contributed by atoms with Gasteiger partial charge in [-0.15, -0.1) is 0 Å². The average molecular weight is 546 g/mol. The number of esters is 1. The number of hydrogen-bond donors (Lipinski definition) is 2. The fourth-order valence-electron chi connectivity index (χ4n) is 6.45. The van der Waals surface area contributed by atoms with Crippen molar-refractivity contribution >= 4 is 17.6 Å². The number of rotatable bonds is 7. The van der Waals surface area contributed by atoms with E-state index < -0.39 is 5.66 Å². The summed E-state index contributed by atoms with van der Waals surface area (Å²) in [5.41, 5.74) is 4.75. The van der Waals surface area contributed by atoms with Gasteiger partial charge in [0.15, 0.2) is 5.66 Å². The first kappa shape index (κ1) is 26.8. The molecule has 2 atom stereocenters. The van der Waals surface area contributed by atoms with Crippen molar-refractivity contribution in [2.75, 3.05) is 11.9 Å². The Morgan fingerprint density at radius 2 is 1.49 bits per heavy atom. The van der Waals surface area contributed by atoms with Gasteiger partial charge in [-0.25, -0.2) is 4.79 Å². The summed E-state index contributed by atoms with van der Waals surface area (Å²) in [7, 11) is 0. The highest BCUT2D eigenvalue weighted by molar-refractivity contribution is 5.93. The molecule has 3 aliphatic rings. The lowest BCUT2D eigenvalue weighted by atomic mass is 9.79. The van der Waals surface area contributed by atoms with Crippen molar-refractivity contribution in [2.45, 2.75) is 50.0 Å². The normalized spacial score (nSPS) is 21.1. The number of hydrogen-bond acceptors (Lipinski definition) is 5. The van der Waals surface area contributed by atoms with Crippen LogP contribution in [-0.2, 0) is 26.5 Å². The third-order valence-corrected chi connectivity index (χ3v) is 8.36. The first-order valence-corrected chi connectivity index (χ1v) is 14.3. The van der Waals surface area contributed by atoms with Crippen LogP contribution in [0, 0.1) is 0 Å². The summed E-state index contributed by atoms with van der Waals surface area (Å²) >= 11 is 0. The molecular weight excluding hydrogens is 510 g/mol. The molecule has 2 N–H and O–H groups in total. The number of nitrogens with zero attached hydrogens (tertiary/aromatic N) is 1. The molecule has 0 saturated carbocycles. The van der Waals surface area contributed by atoms with Gasteiger partial charge in [0.2, 0.25) is 5.91 Å². The molecule has 3 aliphatic heterocycles. The number of carbonyl (C=O) groups excluding carboxylic acids is 2. The van der Waals surface area contributed by atoms with Crippen LogP contribution in [0.2, 0.25) is 0 Å². The van der Waals surface area contributed by atoms with Gasteiger partial charge in [-0.2, -0.15) is 0 Å². The third kappa shape index (κ3) is 4.78. The Hall–Kier alpha value is -4.42. The van der Waals surface area contributed by atoms with Crippen LogP contribution in [0.25, 0.3) is 0 Å². The molecule has 0 aliphatic carbocycles. The molecule has 3 heterocycles. The van der Waals surface area contributed by atoms with Gasteiger partial charge in [0.25, 0.3) is 0 Å². The summed E-state index contributed by atoms with van der Waals surface area (Å²) in [6, 6.07) is 39.7. The molecule has 0 aromatic heterocycles. The average Bonchev–Trinajstić information content (AvgIpc) is 3.47. The second-order valence-electron chi connectivity index (χ2n) is 10.8. The standard InChI is InChI=1S/C19H15N.C16H20N2O3/c1-3-8-15(9-4-1)19(16-10-5-2-6-11-16)17-12-7-13-18(14-17)20-19;1-2-17-16(9-8-13-10-14(19)18(13)16)15(20)21-11-12-6-4-3-5-7-12/h1-14,20H;3-7,13,17H,2,8-11H2,1H3. The van der Waals surface area contributed by atoms with Crippen molar-refractivity contribution < 1.29 is 14.3 Å². The molecule has 208 valence electrons. The molecule has 6 heteroatoms. The van der Waals surface area contributed by atoms with Gasteiger partial charge in [0, 0.05) is 18.2 Å². The Morgan fingerprint density at radius 3 is 2.07 bits per heavy atom. The highest BCUT2D eigenvalue weighted by Crippen LogP contribution is 2.45. The largest absolute Gasteiger partial charge is 0.458 e. The van der Waals surface area contributed by atoms with E-state index in [-0.39, 0.29) is 30.1 Å². The number of amides is 1. The first-order chi connectivity index (χ1) is 20.1. The summed E-state index contributed by atoms with van der Waals surface area (Å²) in [4.78, 5) is 26.1. The zero-order valence-corrected chi connectivity index (χ0v) is 23.3. The zero-order valence-electron chi connectivity index (χ0n) is 23.3. The second-order valence-corrected chi connectivity index (χ2v) is 10.8. The zero-order chi connectivity index (χ0) is 28.3. The lowest BCUT2D eigenvalue weighted by Gasteiger charge is -2.45. The van der Waals surface area contributed by atoms with Crippen molar-refractivity contribution in [1.29, 1.82) is 0 Å². The van der Waals surface area contributed by atoms with Crippen LogP contribution in [-0.4, -0.2) is 35.0 Å². The number of fused-ring (bicyclic) bond motifs is 3. The predicted octanol–water partition coefficient (Wildman–Crippen LogP) is 5.83. The van der Waals surface area contributed by atoms with E-state index in [4.69, 9.17) is 4.74 Å². The third-order valence-electron chi connectivity index (χ3n) is 8.36. The topological polar surface area (TPSA) is 70.7 Å². The maximum Gasteiger partial charge on any atom is 0.347 e. The molecule has 4 aromatic carbocycles. The summed E-state index contributed by atoms with van der Waals surface area (Å²) < 4.78 is 5.47. The number of likely N-dealkylation sites (N-methyl/N-ethyl adjacent to an activating group) is 1. The van der Waals surface area contributed by atoms with Crippen LogP contribution < -0.4 is 10.6 Å². The van der Waals surface area contributed by atoms with E-state index in [1.54, 1.807) is 4.90 Å². The van der Waals surface area contributed by atoms with E-state index >= 15 is 0 Å². The van der Waals surface area contributed by atoms with E-state index in [1.807, 2.05) is 37.3 Å².